The Kier molecular flexibility index (Phi) is 6.55. The number of nitrogens with zero attached hydrogens (tertiary/aromatic N) is 2. The number of aromatic nitrogens is 1. The summed E-state index contributed by atoms with van der Waals surface area (Å²) < 4.78 is 2.43. The van der Waals surface area contributed by atoms with Gasteiger partial charge in [-0.1, -0.05) is 130 Å². The molecule has 2 nitrogen and oxygen atoms in total. The first-order chi connectivity index (χ1) is 23.5. The number of benzene rings is 6. The summed E-state index contributed by atoms with van der Waals surface area (Å²) >= 11 is 0. The van der Waals surface area contributed by atoms with Crippen molar-refractivity contribution in [3.8, 4) is 16.8 Å². The average molecular weight is 619 g/mol. The Morgan fingerprint density at radius 1 is 0.583 bits per heavy atom. The molecule has 2 atom stereocenters. The minimum Gasteiger partial charge on any atom is -0.311 e. The molecule has 6 aromatic carbocycles. The van der Waals surface area contributed by atoms with Crippen LogP contribution in [0.1, 0.15) is 43.4 Å². The summed E-state index contributed by atoms with van der Waals surface area (Å²) in [5.74, 6) is 0.734. The molecule has 0 spiro atoms. The van der Waals surface area contributed by atoms with Crippen LogP contribution in [0.4, 0.5) is 11.4 Å². The molecule has 0 saturated heterocycles. The predicted octanol–water partition coefficient (Wildman–Crippen LogP) is 12.1. The maximum absolute atomic E-state index is 2.44. The monoisotopic (exact) mass is 618 g/mol. The van der Waals surface area contributed by atoms with Crippen molar-refractivity contribution in [2.75, 3.05) is 4.90 Å². The third kappa shape index (κ3) is 4.40. The molecule has 2 heteroatoms. The fourth-order valence-electron chi connectivity index (χ4n) is 8.26. The van der Waals surface area contributed by atoms with Gasteiger partial charge in [0.05, 0.1) is 11.0 Å². The maximum atomic E-state index is 2.44. The molecule has 1 aromatic heterocycles. The van der Waals surface area contributed by atoms with Crippen molar-refractivity contribution in [3.63, 3.8) is 0 Å². The second kappa shape index (κ2) is 11.0. The lowest BCUT2D eigenvalue weighted by Crippen LogP contribution is -2.21. The van der Waals surface area contributed by atoms with Crippen molar-refractivity contribution < 1.29 is 0 Å². The fourth-order valence-corrected chi connectivity index (χ4v) is 8.26. The number of rotatable bonds is 5. The van der Waals surface area contributed by atoms with E-state index in [1.165, 1.54) is 72.4 Å². The Labute approximate surface area is 282 Å². The highest BCUT2D eigenvalue weighted by molar-refractivity contribution is 6.09. The Bertz CT molecular complexity index is 2340. The quantitative estimate of drug-likeness (QED) is 0.186. The van der Waals surface area contributed by atoms with Crippen LogP contribution < -0.4 is 4.90 Å². The zero-order valence-corrected chi connectivity index (χ0v) is 27.6. The summed E-state index contributed by atoms with van der Waals surface area (Å²) in [7, 11) is 0. The molecule has 48 heavy (non-hydrogen) atoms. The summed E-state index contributed by atoms with van der Waals surface area (Å²) in [6.07, 6.45) is 7.14. The number of hydrogen-bond donors (Lipinski definition) is 0. The lowest BCUT2D eigenvalue weighted by Gasteiger charge is -2.32. The van der Waals surface area contributed by atoms with Gasteiger partial charge in [0, 0.05) is 44.9 Å². The van der Waals surface area contributed by atoms with E-state index in [1.807, 2.05) is 0 Å². The van der Waals surface area contributed by atoms with Crippen LogP contribution in [-0.2, 0) is 5.41 Å². The standard InChI is InChI=1S/C46H38N2/c1-31-28-34(22-25-37(31)32-14-6-4-7-15-32)47(33-16-8-5-9-17-33)35-23-26-38-39-27-24-36(30-43(39)46(2,3)42(38)29-35)48-44-20-12-10-18-40(44)41-19-11-13-21-45(41)48/h4-31,37H,1-3H3. The molecular formula is C46H38N2. The molecule has 9 rings (SSSR count). The molecule has 0 N–H and O–H groups in total. The third-order valence-corrected chi connectivity index (χ3v) is 10.7. The number of allylic oxidation sites excluding steroid dienone is 3. The van der Waals surface area contributed by atoms with Crippen molar-refractivity contribution in [2.45, 2.75) is 32.1 Å². The molecule has 0 radical (unpaired) electrons. The third-order valence-electron chi connectivity index (χ3n) is 10.7. The normalized spacial score (nSPS) is 17.7. The van der Waals surface area contributed by atoms with E-state index < -0.39 is 0 Å². The van der Waals surface area contributed by atoms with Gasteiger partial charge in [-0.25, -0.2) is 0 Å². The van der Waals surface area contributed by atoms with Gasteiger partial charge in [0.15, 0.2) is 0 Å². The molecule has 1 heterocycles. The highest BCUT2D eigenvalue weighted by atomic mass is 15.1. The van der Waals surface area contributed by atoms with Gasteiger partial charge in [0.1, 0.15) is 0 Å². The van der Waals surface area contributed by atoms with Crippen LogP contribution in [0.15, 0.2) is 170 Å². The van der Waals surface area contributed by atoms with Crippen molar-refractivity contribution in [1.29, 1.82) is 0 Å². The second-order valence-electron chi connectivity index (χ2n) is 13.9. The van der Waals surface area contributed by atoms with Crippen LogP contribution in [0.2, 0.25) is 0 Å². The number of para-hydroxylation sites is 3. The Hall–Kier alpha value is -5.60. The number of fused-ring (bicyclic) bond motifs is 6. The molecule has 0 aliphatic heterocycles. The molecule has 0 amide bonds. The van der Waals surface area contributed by atoms with Gasteiger partial charge in [-0.15, -0.1) is 0 Å². The highest BCUT2D eigenvalue weighted by Crippen LogP contribution is 2.51. The van der Waals surface area contributed by atoms with Gasteiger partial charge in [-0.3, -0.25) is 0 Å². The van der Waals surface area contributed by atoms with E-state index in [2.05, 4.69) is 194 Å². The summed E-state index contributed by atoms with van der Waals surface area (Å²) in [5.41, 5.74) is 13.8. The molecule has 0 fully saturated rings. The van der Waals surface area contributed by atoms with E-state index in [0.29, 0.717) is 11.8 Å². The molecule has 0 saturated carbocycles. The van der Waals surface area contributed by atoms with E-state index in [1.54, 1.807) is 0 Å². The minimum absolute atomic E-state index is 0.166. The summed E-state index contributed by atoms with van der Waals surface area (Å²) in [6, 6.07) is 53.3. The van der Waals surface area contributed by atoms with Gasteiger partial charge in [-0.2, -0.15) is 0 Å². The van der Waals surface area contributed by atoms with E-state index in [-0.39, 0.29) is 5.41 Å². The summed E-state index contributed by atoms with van der Waals surface area (Å²) in [5, 5.41) is 2.58. The van der Waals surface area contributed by atoms with E-state index in [0.717, 1.165) is 0 Å². The Balaban J connectivity index is 1.14. The van der Waals surface area contributed by atoms with Gasteiger partial charge >= 0.3 is 0 Å². The lowest BCUT2D eigenvalue weighted by molar-refractivity contribution is 0.628. The average Bonchev–Trinajstić information content (AvgIpc) is 3.57. The van der Waals surface area contributed by atoms with Gasteiger partial charge in [0.25, 0.3) is 0 Å². The summed E-state index contributed by atoms with van der Waals surface area (Å²) in [4.78, 5) is 2.43. The zero-order valence-electron chi connectivity index (χ0n) is 27.6. The largest absolute Gasteiger partial charge is 0.311 e. The van der Waals surface area contributed by atoms with Crippen LogP contribution >= 0.6 is 0 Å². The molecule has 0 bridgehead atoms. The Morgan fingerprint density at radius 3 is 1.83 bits per heavy atom. The van der Waals surface area contributed by atoms with Crippen molar-refractivity contribution in [3.05, 3.63) is 186 Å². The smallest absolute Gasteiger partial charge is 0.0541 e. The molecule has 2 aliphatic carbocycles. The zero-order chi connectivity index (χ0) is 32.4. The molecule has 7 aromatic rings. The van der Waals surface area contributed by atoms with E-state index >= 15 is 0 Å². The molecule has 232 valence electrons. The SMILES string of the molecule is CC1C=C(N(c2ccccc2)c2ccc3c(c2)C(C)(C)c2cc(-n4c5ccccc5c5ccccc54)ccc2-3)C=CC1c1ccccc1. The van der Waals surface area contributed by atoms with Crippen molar-refractivity contribution in [1.82, 2.24) is 4.57 Å². The predicted molar refractivity (Wildman–Crippen MR) is 202 cm³/mol. The van der Waals surface area contributed by atoms with Gasteiger partial charge < -0.3 is 9.47 Å². The number of anilines is 2. The van der Waals surface area contributed by atoms with Crippen LogP contribution in [0.25, 0.3) is 38.6 Å². The van der Waals surface area contributed by atoms with Gasteiger partial charge in [-0.05, 0) is 88.3 Å². The van der Waals surface area contributed by atoms with Crippen molar-refractivity contribution in [2.24, 2.45) is 5.92 Å². The molecule has 2 unspecified atom stereocenters. The van der Waals surface area contributed by atoms with Gasteiger partial charge in [0.2, 0.25) is 0 Å². The Morgan fingerprint density at radius 2 is 1.17 bits per heavy atom. The first kappa shape index (κ1) is 28.6. The summed E-state index contributed by atoms with van der Waals surface area (Å²) in [6.45, 7) is 7.11. The van der Waals surface area contributed by atoms with Crippen LogP contribution in [0, 0.1) is 5.92 Å². The van der Waals surface area contributed by atoms with Crippen LogP contribution in [0.3, 0.4) is 0 Å². The first-order valence-electron chi connectivity index (χ1n) is 17.1. The fraction of sp³-hybridized carbons (Fsp3) is 0.130. The van der Waals surface area contributed by atoms with E-state index in [4.69, 9.17) is 0 Å². The number of hydrogen-bond acceptors (Lipinski definition) is 1. The van der Waals surface area contributed by atoms with E-state index in [9.17, 15) is 0 Å². The second-order valence-corrected chi connectivity index (χ2v) is 13.9. The highest BCUT2D eigenvalue weighted by Gasteiger charge is 2.37. The molecular weight excluding hydrogens is 581 g/mol. The van der Waals surface area contributed by atoms with Crippen molar-refractivity contribution >= 4 is 33.2 Å². The van der Waals surface area contributed by atoms with Crippen LogP contribution in [0.5, 0.6) is 0 Å². The maximum Gasteiger partial charge on any atom is 0.0541 e. The molecule has 2 aliphatic rings. The van der Waals surface area contributed by atoms with Crippen LogP contribution in [-0.4, -0.2) is 4.57 Å². The minimum atomic E-state index is -0.166. The lowest BCUT2D eigenvalue weighted by atomic mass is 9.82. The topological polar surface area (TPSA) is 8.17 Å². The first-order valence-corrected chi connectivity index (χ1v) is 17.1.